The van der Waals surface area contributed by atoms with Gasteiger partial charge in [-0.05, 0) is 50.3 Å². The number of anilines is 1. The molecule has 0 spiro atoms. The molecule has 3 aromatic rings. The van der Waals surface area contributed by atoms with Gasteiger partial charge in [-0.3, -0.25) is 4.90 Å². The van der Waals surface area contributed by atoms with Gasteiger partial charge in [-0.1, -0.05) is 30.3 Å². The van der Waals surface area contributed by atoms with Crippen LogP contribution in [-0.2, 0) is 27.4 Å². The van der Waals surface area contributed by atoms with Gasteiger partial charge in [0.2, 0.25) is 0 Å². The fraction of sp³-hybridized carbons (Fsp3) is 0.440. The molecular weight excluding hydrogens is 438 g/mol. The molecule has 174 valence electrons. The number of benzene rings is 2. The van der Waals surface area contributed by atoms with E-state index in [9.17, 15) is 13.2 Å². The third kappa shape index (κ3) is 4.01. The van der Waals surface area contributed by atoms with Gasteiger partial charge in [-0.15, -0.1) is 0 Å². The van der Waals surface area contributed by atoms with E-state index in [2.05, 4.69) is 16.7 Å². The second kappa shape index (κ2) is 8.48. The van der Waals surface area contributed by atoms with Crippen molar-refractivity contribution in [3.8, 4) is 0 Å². The maximum atomic E-state index is 12.5. The number of carbonyl (C=O) groups is 1. The third-order valence-electron chi connectivity index (χ3n) is 6.91. The first-order valence-electron chi connectivity index (χ1n) is 11.5. The highest BCUT2D eigenvalue weighted by Crippen LogP contribution is 2.38. The van der Waals surface area contributed by atoms with Crippen LogP contribution in [0.1, 0.15) is 49.2 Å². The molecule has 0 bridgehead atoms. The van der Waals surface area contributed by atoms with Gasteiger partial charge in [0.1, 0.15) is 5.82 Å². The number of hydrogen-bond acceptors (Lipinski definition) is 5. The highest BCUT2D eigenvalue weighted by atomic mass is 32.2. The molecular formula is C25H29N3O4S. The maximum Gasteiger partial charge on any atom is 0.414 e. The molecule has 2 aliphatic rings. The minimum absolute atomic E-state index is 0.0387. The van der Waals surface area contributed by atoms with Crippen molar-refractivity contribution in [1.29, 1.82) is 0 Å². The van der Waals surface area contributed by atoms with Crippen LogP contribution in [0.4, 0.5) is 10.5 Å². The second-order valence-corrected chi connectivity index (χ2v) is 11.4. The van der Waals surface area contributed by atoms with Crippen LogP contribution in [-0.4, -0.2) is 48.7 Å². The Morgan fingerprint density at radius 2 is 1.94 bits per heavy atom. The van der Waals surface area contributed by atoms with Crippen molar-refractivity contribution in [1.82, 2.24) is 9.55 Å². The largest absolute Gasteiger partial charge is 0.452 e. The van der Waals surface area contributed by atoms with Crippen LogP contribution >= 0.6 is 0 Å². The zero-order valence-corrected chi connectivity index (χ0v) is 19.8. The standard InChI is InChI=1S/C25H29N3O4S/c1-17-10-11-20-21(27(17)25(29)32-2)12-13-22-24(20)26-23(15-18-7-4-3-5-8-18)28(22)19-9-6-14-33(30,31)16-19/h3-5,7-8,12-13,17,19H,6,9-11,14-16H2,1-2H3/t17-,19+/m0/s1. The summed E-state index contributed by atoms with van der Waals surface area (Å²) in [5.41, 5.74) is 4.80. The van der Waals surface area contributed by atoms with Crippen LogP contribution in [0.5, 0.6) is 0 Å². The minimum Gasteiger partial charge on any atom is -0.452 e. The SMILES string of the molecule is COC(=O)N1c2ccc3c(nc(Cc4ccccc4)n3[C@@H]3CCCS(=O)(=O)C3)c2CC[C@@H]1C. The van der Waals surface area contributed by atoms with E-state index in [4.69, 9.17) is 9.72 Å². The minimum atomic E-state index is -3.08. The summed E-state index contributed by atoms with van der Waals surface area (Å²) in [4.78, 5) is 19.3. The lowest BCUT2D eigenvalue weighted by atomic mass is 9.95. The molecule has 0 radical (unpaired) electrons. The van der Waals surface area contributed by atoms with Crippen LogP contribution in [0.3, 0.4) is 0 Å². The first kappa shape index (κ1) is 21.9. The summed E-state index contributed by atoms with van der Waals surface area (Å²) in [6, 6.07) is 14.0. The Labute approximate surface area is 194 Å². The topological polar surface area (TPSA) is 81.5 Å². The van der Waals surface area contributed by atoms with Gasteiger partial charge >= 0.3 is 6.09 Å². The Kier molecular flexibility index (Phi) is 5.64. The molecule has 1 aromatic heterocycles. The summed E-state index contributed by atoms with van der Waals surface area (Å²) in [6.07, 6.45) is 3.36. The van der Waals surface area contributed by atoms with Gasteiger partial charge in [-0.2, -0.15) is 0 Å². The van der Waals surface area contributed by atoms with Gasteiger partial charge in [0.05, 0.1) is 35.3 Å². The maximum absolute atomic E-state index is 12.5. The number of sulfone groups is 1. The van der Waals surface area contributed by atoms with Crippen LogP contribution in [0.2, 0.25) is 0 Å². The van der Waals surface area contributed by atoms with Crippen molar-refractivity contribution in [3.63, 3.8) is 0 Å². The first-order chi connectivity index (χ1) is 15.9. The lowest BCUT2D eigenvalue weighted by molar-refractivity contribution is 0.175. The van der Waals surface area contributed by atoms with Gasteiger partial charge in [-0.25, -0.2) is 18.2 Å². The number of nitrogens with zero attached hydrogens (tertiary/aromatic N) is 3. The zero-order chi connectivity index (χ0) is 23.2. The van der Waals surface area contributed by atoms with Crippen molar-refractivity contribution < 1.29 is 17.9 Å². The van der Waals surface area contributed by atoms with E-state index in [0.29, 0.717) is 12.8 Å². The van der Waals surface area contributed by atoms with E-state index in [1.807, 2.05) is 37.3 Å². The number of aryl methyl sites for hydroxylation is 1. The molecule has 0 aliphatic carbocycles. The lowest BCUT2D eigenvalue weighted by Crippen LogP contribution is -2.42. The van der Waals surface area contributed by atoms with E-state index in [1.165, 1.54) is 7.11 Å². The normalized spacial score (nSPS) is 22.2. The van der Waals surface area contributed by atoms with E-state index >= 15 is 0 Å². The summed E-state index contributed by atoms with van der Waals surface area (Å²) in [7, 11) is -1.68. The number of methoxy groups -OCH3 is 1. The van der Waals surface area contributed by atoms with Gasteiger partial charge in [0, 0.05) is 24.1 Å². The summed E-state index contributed by atoms with van der Waals surface area (Å²) in [6.45, 7) is 2.02. The second-order valence-electron chi connectivity index (χ2n) is 9.13. The van der Waals surface area contributed by atoms with Crippen LogP contribution in [0.15, 0.2) is 42.5 Å². The number of amides is 1. The average Bonchev–Trinajstić information content (AvgIpc) is 3.16. The Morgan fingerprint density at radius 3 is 2.67 bits per heavy atom. The van der Waals surface area contributed by atoms with E-state index in [1.54, 1.807) is 4.90 Å². The molecule has 0 unspecified atom stereocenters. The van der Waals surface area contributed by atoms with Gasteiger partial charge in [0.25, 0.3) is 0 Å². The molecule has 3 heterocycles. The van der Waals surface area contributed by atoms with Crippen LogP contribution in [0, 0.1) is 0 Å². The summed E-state index contributed by atoms with van der Waals surface area (Å²) < 4.78 is 32.2. The van der Waals surface area contributed by atoms with Crippen molar-refractivity contribution in [2.24, 2.45) is 0 Å². The molecule has 33 heavy (non-hydrogen) atoms. The van der Waals surface area contributed by atoms with E-state index in [0.717, 1.165) is 52.9 Å². The van der Waals surface area contributed by atoms with E-state index in [-0.39, 0.29) is 29.7 Å². The first-order valence-corrected chi connectivity index (χ1v) is 13.3. The summed E-state index contributed by atoms with van der Waals surface area (Å²) >= 11 is 0. The number of rotatable bonds is 3. The Balaban J connectivity index is 1.68. The molecule has 2 aromatic carbocycles. The molecule has 1 amide bonds. The fourth-order valence-corrected chi connectivity index (χ4v) is 7.01. The molecule has 1 saturated heterocycles. The lowest BCUT2D eigenvalue weighted by Gasteiger charge is -2.34. The average molecular weight is 468 g/mol. The van der Waals surface area contributed by atoms with Crippen molar-refractivity contribution in [2.45, 2.75) is 51.1 Å². The van der Waals surface area contributed by atoms with Gasteiger partial charge < -0.3 is 9.30 Å². The monoisotopic (exact) mass is 467 g/mol. The fourth-order valence-electron chi connectivity index (χ4n) is 5.34. The summed E-state index contributed by atoms with van der Waals surface area (Å²) in [5.74, 6) is 1.27. The van der Waals surface area contributed by atoms with Crippen LogP contribution < -0.4 is 4.90 Å². The molecule has 5 rings (SSSR count). The van der Waals surface area contributed by atoms with Crippen LogP contribution in [0.25, 0.3) is 11.0 Å². The molecule has 2 atom stereocenters. The highest BCUT2D eigenvalue weighted by molar-refractivity contribution is 7.91. The molecule has 8 heteroatoms. The van der Waals surface area contributed by atoms with Crippen molar-refractivity contribution >= 4 is 32.7 Å². The molecule has 0 saturated carbocycles. The summed E-state index contributed by atoms with van der Waals surface area (Å²) in [5, 5.41) is 0. The number of ether oxygens (including phenoxy) is 1. The molecule has 7 nitrogen and oxygen atoms in total. The Bertz CT molecular complexity index is 1300. The number of aromatic nitrogens is 2. The molecule has 2 aliphatic heterocycles. The third-order valence-corrected chi connectivity index (χ3v) is 8.71. The number of hydrogen-bond donors (Lipinski definition) is 0. The molecule has 0 N–H and O–H groups in total. The quantitative estimate of drug-likeness (QED) is 0.574. The predicted octanol–water partition coefficient (Wildman–Crippen LogP) is 4.28. The zero-order valence-electron chi connectivity index (χ0n) is 19.0. The van der Waals surface area contributed by atoms with E-state index < -0.39 is 9.84 Å². The highest BCUT2D eigenvalue weighted by Gasteiger charge is 2.33. The predicted molar refractivity (Wildman–Crippen MR) is 129 cm³/mol. The number of fused-ring (bicyclic) bond motifs is 3. The van der Waals surface area contributed by atoms with Gasteiger partial charge in [0.15, 0.2) is 9.84 Å². The molecule has 1 fully saturated rings. The number of carbonyl (C=O) groups excluding carboxylic acids is 1. The van der Waals surface area contributed by atoms with Crippen molar-refractivity contribution in [2.75, 3.05) is 23.5 Å². The van der Waals surface area contributed by atoms with Crippen molar-refractivity contribution in [3.05, 3.63) is 59.4 Å². The smallest absolute Gasteiger partial charge is 0.414 e. The Hall–Kier alpha value is -2.87. The Morgan fingerprint density at radius 1 is 1.15 bits per heavy atom. The number of imidazole rings is 1.